The van der Waals surface area contributed by atoms with Crippen LogP contribution in [0.3, 0.4) is 0 Å². The van der Waals surface area contributed by atoms with Crippen molar-refractivity contribution in [3.8, 4) is 0 Å². The summed E-state index contributed by atoms with van der Waals surface area (Å²) in [6.45, 7) is 5.28. The Bertz CT molecular complexity index is 283. The van der Waals surface area contributed by atoms with Gasteiger partial charge in [-0.05, 0) is 19.3 Å². The van der Waals surface area contributed by atoms with Gasteiger partial charge in [0.15, 0.2) is 0 Å². The SMILES string of the molecule is CCCC1CNCCN1C(=O)[C@@H]1CC[C@H](CN)O1. The molecule has 0 bridgehead atoms. The number of hydrogen-bond donors (Lipinski definition) is 2. The van der Waals surface area contributed by atoms with Gasteiger partial charge in [-0.2, -0.15) is 0 Å². The molecule has 0 aromatic carbocycles. The standard InChI is InChI=1S/C13H25N3O2/c1-2-3-10-9-15-6-7-16(10)13(17)12-5-4-11(8-14)18-12/h10-12,15H,2-9,14H2,1H3/t10?,11-,12+/m1/s1. The number of rotatable bonds is 4. The number of nitrogens with zero attached hydrogens (tertiary/aromatic N) is 1. The fourth-order valence-electron chi connectivity index (χ4n) is 2.89. The first-order valence-electron chi connectivity index (χ1n) is 7.13. The van der Waals surface area contributed by atoms with Crippen LogP contribution in [0, 0.1) is 0 Å². The van der Waals surface area contributed by atoms with Crippen molar-refractivity contribution in [1.29, 1.82) is 0 Å². The molecular formula is C13H25N3O2. The lowest BCUT2D eigenvalue weighted by Gasteiger charge is -2.37. The highest BCUT2D eigenvalue weighted by molar-refractivity contribution is 5.81. The Morgan fingerprint density at radius 1 is 1.50 bits per heavy atom. The number of amides is 1. The third-order valence-electron chi connectivity index (χ3n) is 3.90. The van der Waals surface area contributed by atoms with Crippen LogP contribution < -0.4 is 11.1 Å². The maximum Gasteiger partial charge on any atom is 0.252 e. The Labute approximate surface area is 109 Å². The molecule has 18 heavy (non-hydrogen) atoms. The minimum absolute atomic E-state index is 0.0755. The van der Waals surface area contributed by atoms with Crippen LogP contribution >= 0.6 is 0 Å². The first kappa shape index (κ1) is 13.8. The molecule has 2 saturated heterocycles. The highest BCUT2D eigenvalue weighted by Crippen LogP contribution is 2.22. The van der Waals surface area contributed by atoms with Crippen LogP contribution in [0.15, 0.2) is 0 Å². The largest absolute Gasteiger partial charge is 0.364 e. The van der Waals surface area contributed by atoms with Gasteiger partial charge in [-0.25, -0.2) is 0 Å². The second-order valence-corrected chi connectivity index (χ2v) is 5.24. The van der Waals surface area contributed by atoms with Crippen LogP contribution in [0.4, 0.5) is 0 Å². The van der Waals surface area contributed by atoms with Crippen LogP contribution in [0.25, 0.3) is 0 Å². The Morgan fingerprint density at radius 2 is 2.33 bits per heavy atom. The molecule has 2 aliphatic rings. The zero-order chi connectivity index (χ0) is 13.0. The van der Waals surface area contributed by atoms with E-state index in [1.54, 1.807) is 0 Å². The molecule has 0 aromatic rings. The van der Waals surface area contributed by atoms with Crippen molar-refractivity contribution in [3.63, 3.8) is 0 Å². The maximum atomic E-state index is 12.5. The smallest absolute Gasteiger partial charge is 0.252 e. The number of nitrogens with two attached hydrogens (primary N) is 1. The summed E-state index contributed by atoms with van der Waals surface area (Å²) >= 11 is 0. The van der Waals surface area contributed by atoms with E-state index < -0.39 is 0 Å². The van der Waals surface area contributed by atoms with Crippen LogP contribution in [0.5, 0.6) is 0 Å². The summed E-state index contributed by atoms with van der Waals surface area (Å²) in [5, 5.41) is 3.36. The van der Waals surface area contributed by atoms with Crippen molar-refractivity contribution in [1.82, 2.24) is 10.2 Å². The first-order chi connectivity index (χ1) is 8.76. The Balaban J connectivity index is 1.93. The fraction of sp³-hybridized carbons (Fsp3) is 0.923. The van der Waals surface area contributed by atoms with Gasteiger partial charge in [0, 0.05) is 32.2 Å². The summed E-state index contributed by atoms with van der Waals surface area (Å²) in [6.07, 6.45) is 3.72. The summed E-state index contributed by atoms with van der Waals surface area (Å²) in [5.41, 5.74) is 5.59. The Morgan fingerprint density at radius 3 is 3.00 bits per heavy atom. The quantitative estimate of drug-likeness (QED) is 0.747. The van der Waals surface area contributed by atoms with Crippen molar-refractivity contribution in [3.05, 3.63) is 0 Å². The highest BCUT2D eigenvalue weighted by atomic mass is 16.5. The van der Waals surface area contributed by atoms with E-state index in [1.165, 1.54) is 0 Å². The fourth-order valence-corrected chi connectivity index (χ4v) is 2.89. The average molecular weight is 255 g/mol. The lowest BCUT2D eigenvalue weighted by Crippen LogP contribution is -2.56. The summed E-state index contributed by atoms with van der Waals surface area (Å²) in [7, 11) is 0. The van der Waals surface area contributed by atoms with Crippen molar-refractivity contribution in [2.75, 3.05) is 26.2 Å². The second-order valence-electron chi connectivity index (χ2n) is 5.24. The number of hydrogen-bond acceptors (Lipinski definition) is 4. The number of ether oxygens (including phenoxy) is 1. The molecular weight excluding hydrogens is 230 g/mol. The van der Waals surface area contributed by atoms with Crippen LogP contribution in [-0.4, -0.2) is 55.2 Å². The molecule has 0 saturated carbocycles. The van der Waals surface area contributed by atoms with Crippen molar-refractivity contribution in [2.24, 2.45) is 5.73 Å². The monoisotopic (exact) mass is 255 g/mol. The van der Waals surface area contributed by atoms with E-state index in [-0.39, 0.29) is 18.1 Å². The van der Waals surface area contributed by atoms with Gasteiger partial charge >= 0.3 is 0 Å². The molecule has 5 heteroatoms. The maximum absolute atomic E-state index is 12.5. The lowest BCUT2D eigenvalue weighted by molar-refractivity contribution is -0.146. The molecule has 0 radical (unpaired) electrons. The number of carbonyl (C=O) groups is 1. The molecule has 2 rings (SSSR count). The van der Waals surface area contributed by atoms with Crippen molar-refractivity contribution < 1.29 is 9.53 Å². The second kappa shape index (κ2) is 6.50. The van der Waals surface area contributed by atoms with E-state index in [0.29, 0.717) is 12.6 Å². The van der Waals surface area contributed by atoms with Gasteiger partial charge in [0.25, 0.3) is 5.91 Å². The summed E-state index contributed by atoms with van der Waals surface area (Å²) < 4.78 is 5.72. The molecule has 2 fully saturated rings. The zero-order valence-corrected chi connectivity index (χ0v) is 11.2. The minimum Gasteiger partial charge on any atom is -0.364 e. The molecule has 2 aliphatic heterocycles. The summed E-state index contributed by atoms with van der Waals surface area (Å²) in [5.74, 6) is 0.172. The Hall–Kier alpha value is -0.650. The van der Waals surface area contributed by atoms with Gasteiger partial charge in [-0.3, -0.25) is 4.79 Å². The van der Waals surface area contributed by atoms with Gasteiger partial charge in [-0.15, -0.1) is 0 Å². The number of carbonyl (C=O) groups excluding carboxylic acids is 1. The van der Waals surface area contributed by atoms with E-state index in [2.05, 4.69) is 12.2 Å². The topological polar surface area (TPSA) is 67.6 Å². The third kappa shape index (κ3) is 3.02. The zero-order valence-electron chi connectivity index (χ0n) is 11.2. The van der Waals surface area contributed by atoms with Crippen LogP contribution in [-0.2, 0) is 9.53 Å². The van der Waals surface area contributed by atoms with E-state index in [9.17, 15) is 4.79 Å². The Kier molecular flexibility index (Phi) is 4.97. The molecule has 1 unspecified atom stereocenters. The van der Waals surface area contributed by atoms with E-state index in [0.717, 1.165) is 45.3 Å². The predicted molar refractivity (Wildman–Crippen MR) is 70.2 cm³/mol. The molecule has 5 nitrogen and oxygen atoms in total. The van der Waals surface area contributed by atoms with Crippen molar-refractivity contribution in [2.45, 2.75) is 50.9 Å². The molecule has 3 atom stereocenters. The molecule has 0 aromatic heterocycles. The molecule has 1 amide bonds. The lowest BCUT2D eigenvalue weighted by atomic mass is 10.1. The van der Waals surface area contributed by atoms with Crippen LogP contribution in [0.1, 0.15) is 32.6 Å². The molecule has 3 N–H and O–H groups in total. The van der Waals surface area contributed by atoms with E-state index in [4.69, 9.17) is 10.5 Å². The van der Waals surface area contributed by atoms with Gasteiger partial charge < -0.3 is 20.7 Å². The average Bonchev–Trinajstić information content (AvgIpc) is 2.88. The normalized spacial score (nSPS) is 32.8. The summed E-state index contributed by atoms with van der Waals surface area (Å²) in [4.78, 5) is 14.5. The van der Waals surface area contributed by atoms with E-state index >= 15 is 0 Å². The molecule has 104 valence electrons. The first-order valence-corrected chi connectivity index (χ1v) is 7.13. The minimum atomic E-state index is -0.254. The molecule has 2 heterocycles. The third-order valence-corrected chi connectivity index (χ3v) is 3.90. The number of piperazine rings is 1. The van der Waals surface area contributed by atoms with Gasteiger partial charge in [0.2, 0.25) is 0 Å². The summed E-state index contributed by atoms with van der Waals surface area (Å²) in [6, 6.07) is 0.330. The van der Waals surface area contributed by atoms with Gasteiger partial charge in [-0.1, -0.05) is 13.3 Å². The predicted octanol–water partition coefficient (Wildman–Crippen LogP) is 0.0932. The van der Waals surface area contributed by atoms with Gasteiger partial charge in [0.05, 0.1) is 6.10 Å². The van der Waals surface area contributed by atoms with Gasteiger partial charge in [0.1, 0.15) is 6.10 Å². The van der Waals surface area contributed by atoms with E-state index in [1.807, 2.05) is 4.90 Å². The molecule has 0 spiro atoms. The van der Waals surface area contributed by atoms with Crippen LogP contribution in [0.2, 0.25) is 0 Å². The number of nitrogens with one attached hydrogen (secondary N) is 1. The molecule has 0 aliphatic carbocycles. The highest BCUT2D eigenvalue weighted by Gasteiger charge is 2.36. The van der Waals surface area contributed by atoms with Crippen molar-refractivity contribution >= 4 is 5.91 Å².